The van der Waals surface area contributed by atoms with Crippen LogP contribution in [0.1, 0.15) is 52.3 Å². The van der Waals surface area contributed by atoms with Crippen LogP contribution in [0.15, 0.2) is 9.64 Å². The first kappa shape index (κ1) is 15.4. The zero-order chi connectivity index (χ0) is 14.8. The first-order chi connectivity index (χ1) is 9.46. The molecule has 4 nitrogen and oxygen atoms in total. The van der Waals surface area contributed by atoms with Crippen molar-refractivity contribution in [3.63, 3.8) is 0 Å². The molecule has 0 aromatic carbocycles. The fourth-order valence-corrected chi connectivity index (χ4v) is 4.07. The van der Waals surface area contributed by atoms with E-state index in [2.05, 4.69) is 37.0 Å². The molecule has 0 N–H and O–H groups in total. The molecule has 2 rings (SSSR count). The zero-order valence-electron chi connectivity index (χ0n) is 12.7. The third kappa shape index (κ3) is 3.35. The lowest BCUT2D eigenvalue weighted by atomic mass is 9.67. The van der Waals surface area contributed by atoms with Crippen molar-refractivity contribution in [1.82, 2.24) is 10.2 Å². The summed E-state index contributed by atoms with van der Waals surface area (Å²) in [5.74, 6) is 1.34. The van der Waals surface area contributed by atoms with E-state index in [1.807, 2.05) is 0 Å². The SMILES string of the molecule is CCC(C)(C)C1CCC(C#N)C(Sc2nnc(C)o2)C1. The molecule has 0 bridgehead atoms. The van der Waals surface area contributed by atoms with Crippen LogP contribution in [0.25, 0.3) is 0 Å². The Labute approximate surface area is 125 Å². The van der Waals surface area contributed by atoms with Gasteiger partial charge in [0.2, 0.25) is 5.89 Å². The van der Waals surface area contributed by atoms with Crippen LogP contribution < -0.4 is 0 Å². The predicted molar refractivity (Wildman–Crippen MR) is 79.2 cm³/mol. The molecule has 5 heteroatoms. The van der Waals surface area contributed by atoms with Gasteiger partial charge in [0, 0.05) is 12.2 Å². The van der Waals surface area contributed by atoms with Gasteiger partial charge in [-0.2, -0.15) is 5.26 Å². The molecule has 3 unspecified atom stereocenters. The van der Waals surface area contributed by atoms with Gasteiger partial charge in [-0.3, -0.25) is 0 Å². The number of thioether (sulfide) groups is 1. The van der Waals surface area contributed by atoms with Crippen LogP contribution in [0.5, 0.6) is 0 Å². The topological polar surface area (TPSA) is 62.7 Å². The second kappa shape index (κ2) is 6.17. The van der Waals surface area contributed by atoms with Crippen LogP contribution in [-0.4, -0.2) is 15.4 Å². The Hall–Kier alpha value is -1.02. The number of aromatic nitrogens is 2. The summed E-state index contributed by atoms with van der Waals surface area (Å²) < 4.78 is 5.46. The van der Waals surface area contributed by atoms with Crippen LogP contribution in [0.4, 0.5) is 0 Å². The Morgan fingerprint density at radius 3 is 2.70 bits per heavy atom. The van der Waals surface area contributed by atoms with E-state index in [1.165, 1.54) is 6.42 Å². The number of hydrogen-bond acceptors (Lipinski definition) is 5. The summed E-state index contributed by atoms with van der Waals surface area (Å²) in [6, 6.07) is 2.46. The van der Waals surface area contributed by atoms with E-state index in [0.29, 0.717) is 22.4 Å². The summed E-state index contributed by atoms with van der Waals surface area (Å²) in [5.41, 5.74) is 0.337. The third-order valence-corrected chi connectivity index (χ3v) is 5.92. The summed E-state index contributed by atoms with van der Waals surface area (Å²) in [6.07, 6.45) is 4.37. The predicted octanol–water partition coefficient (Wildman–Crippen LogP) is 4.21. The van der Waals surface area contributed by atoms with Crippen molar-refractivity contribution in [3.8, 4) is 6.07 Å². The van der Waals surface area contributed by atoms with Gasteiger partial charge in [0.15, 0.2) is 0 Å². The van der Waals surface area contributed by atoms with Gasteiger partial charge in [-0.05, 0) is 30.6 Å². The highest BCUT2D eigenvalue weighted by Crippen LogP contribution is 2.46. The molecule has 1 aliphatic rings. The van der Waals surface area contributed by atoms with Gasteiger partial charge in [0.25, 0.3) is 5.22 Å². The van der Waals surface area contributed by atoms with E-state index in [4.69, 9.17) is 4.42 Å². The molecule has 1 aliphatic carbocycles. The molecule has 0 spiro atoms. The molecular formula is C15H23N3OS. The molecule has 1 saturated carbocycles. The van der Waals surface area contributed by atoms with Crippen LogP contribution in [0.3, 0.4) is 0 Å². The Bertz CT molecular complexity index is 492. The maximum Gasteiger partial charge on any atom is 0.276 e. The van der Waals surface area contributed by atoms with Crippen LogP contribution in [-0.2, 0) is 0 Å². The van der Waals surface area contributed by atoms with E-state index in [0.717, 1.165) is 19.3 Å². The van der Waals surface area contributed by atoms with Gasteiger partial charge in [-0.25, -0.2) is 0 Å². The molecule has 0 saturated heterocycles. The van der Waals surface area contributed by atoms with Gasteiger partial charge in [0.1, 0.15) is 0 Å². The second-order valence-corrected chi connectivity index (χ2v) is 7.52. The molecule has 1 aromatic rings. The third-order valence-electron chi connectivity index (χ3n) is 4.73. The van der Waals surface area contributed by atoms with Crippen molar-refractivity contribution < 1.29 is 4.42 Å². The van der Waals surface area contributed by atoms with E-state index in [-0.39, 0.29) is 11.2 Å². The normalized spacial score (nSPS) is 27.2. The Balaban J connectivity index is 2.09. The Kier molecular flexibility index (Phi) is 4.74. The summed E-state index contributed by atoms with van der Waals surface area (Å²) in [7, 11) is 0. The highest BCUT2D eigenvalue weighted by molar-refractivity contribution is 7.99. The highest BCUT2D eigenvalue weighted by atomic mass is 32.2. The molecule has 1 aromatic heterocycles. The van der Waals surface area contributed by atoms with Crippen LogP contribution >= 0.6 is 11.8 Å². The molecule has 1 heterocycles. The zero-order valence-corrected chi connectivity index (χ0v) is 13.5. The van der Waals surface area contributed by atoms with Crippen LogP contribution in [0.2, 0.25) is 0 Å². The van der Waals surface area contributed by atoms with Gasteiger partial charge in [-0.1, -0.05) is 39.0 Å². The Morgan fingerprint density at radius 1 is 1.40 bits per heavy atom. The molecule has 0 radical (unpaired) electrons. The van der Waals surface area contributed by atoms with E-state index in [9.17, 15) is 5.26 Å². The van der Waals surface area contributed by atoms with Crippen molar-refractivity contribution in [2.24, 2.45) is 17.3 Å². The highest BCUT2D eigenvalue weighted by Gasteiger charge is 2.38. The maximum atomic E-state index is 9.36. The number of nitriles is 1. The van der Waals surface area contributed by atoms with E-state index >= 15 is 0 Å². The van der Waals surface area contributed by atoms with Crippen molar-refractivity contribution in [1.29, 1.82) is 5.26 Å². The largest absolute Gasteiger partial charge is 0.416 e. The standard InChI is InChI=1S/C15H23N3OS/c1-5-15(3,4)12-7-6-11(9-16)13(8-12)20-14-18-17-10(2)19-14/h11-13H,5-8H2,1-4H3. The quantitative estimate of drug-likeness (QED) is 0.832. The monoisotopic (exact) mass is 293 g/mol. The van der Waals surface area contributed by atoms with Gasteiger partial charge >= 0.3 is 0 Å². The average Bonchev–Trinajstić information content (AvgIpc) is 2.84. The minimum absolute atomic E-state index is 0.0936. The summed E-state index contributed by atoms with van der Waals surface area (Å²) in [6.45, 7) is 8.72. The lowest BCUT2D eigenvalue weighted by molar-refractivity contribution is 0.143. The van der Waals surface area contributed by atoms with Crippen LogP contribution in [0, 0.1) is 35.5 Å². The van der Waals surface area contributed by atoms with E-state index < -0.39 is 0 Å². The summed E-state index contributed by atoms with van der Waals surface area (Å²) in [4.78, 5) is 0. The molecule has 0 amide bonds. The molecule has 1 fully saturated rings. The Morgan fingerprint density at radius 2 is 2.15 bits per heavy atom. The number of hydrogen-bond donors (Lipinski definition) is 0. The lowest BCUT2D eigenvalue weighted by Crippen LogP contribution is -2.34. The molecule has 110 valence electrons. The molecule has 3 atom stereocenters. The van der Waals surface area contributed by atoms with Crippen molar-refractivity contribution in [3.05, 3.63) is 5.89 Å². The summed E-state index contributed by atoms with van der Waals surface area (Å²) >= 11 is 1.59. The lowest BCUT2D eigenvalue weighted by Gasteiger charge is -2.40. The first-order valence-corrected chi connectivity index (χ1v) is 8.20. The van der Waals surface area contributed by atoms with Crippen molar-refractivity contribution in [2.75, 3.05) is 0 Å². The average molecular weight is 293 g/mol. The minimum atomic E-state index is 0.0936. The van der Waals surface area contributed by atoms with Gasteiger partial charge in [-0.15, -0.1) is 10.2 Å². The van der Waals surface area contributed by atoms with Crippen molar-refractivity contribution in [2.45, 2.75) is 63.9 Å². The smallest absolute Gasteiger partial charge is 0.276 e. The fraction of sp³-hybridized carbons (Fsp3) is 0.800. The molecule has 20 heavy (non-hydrogen) atoms. The van der Waals surface area contributed by atoms with E-state index in [1.54, 1.807) is 18.7 Å². The van der Waals surface area contributed by atoms with Crippen molar-refractivity contribution >= 4 is 11.8 Å². The van der Waals surface area contributed by atoms with Gasteiger partial charge < -0.3 is 4.42 Å². The summed E-state index contributed by atoms with van der Waals surface area (Å²) in [5, 5.41) is 18.1. The first-order valence-electron chi connectivity index (χ1n) is 7.32. The maximum absolute atomic E-state index is 9.36. The molecular weight excluding hydrogens is 270 g/mol. The number of rotatable bonds is 4. The molecule has 0 aliphatic heterocycles. The number of nitrogens with zero attached hydrogens (tertiary/aromatic N) is 3. The minimum Gasteiger partial charge on any atom is -0.416 e. The fourth-order valence-electron chi connectivity index (χ4n) is 2.86. The van der Waals surface area contributed by atoms with Gasteiger partial charge in [0.05, 0.1) is 12.0 Å². The number of aryl methyl sites for hydroxylation is 1. The second-order valence-electron chi connectivity index (χ2n) is 6.33.